The van der Waals surface area contributed by atoms with Crippen LogP contribution in [0.4, 0.5) is 0 Å². The molecular weight excluding hydrogens is 448 g/mol. The Balaban J connectivity index is 2.50. The Labute approximate surface area is 172 Å². The normalized spacial score (nSPS) is 21.5. The summed E-state index contributed by atoms with van der Waals surface area (Å²) in [6.07, 6.45) is 0.0219. The van der Waals surface area contributed by atoms with Gasteiger partial charge in [0.2, 0.25) is 0 Å². The van der Waals surface area contributed by atoms with E-state index < -0.39 is 68.6 Å². The Morgan fingerprint density at radius 1 is 1.20 bits per heavy atom. The van der Waals surface area contributed by atoms with Crippen LogP contribution < -0.4 is 11.2 Å². The maximum absolute atomic E-state index is 12.3. The second-order valence-corrected chi connectivity index (χ2v) is 10.2. The topological polar surface area (TPSA) is 177 Å². The van der Waals surface area contributed by atoms with E-state index in [-0.39, 0.29) is 12.0 Å². The average Bonchev–Trinajstić information content (AvgIpc) is 2.92. The van der Waals surface area contributed by atoms with Crippen LogP contribution in [-0.4, -0.2) is 69.8 Å². The molecule has 0 aliphatic carbocycles. The third-order valence-electron chi connectivity index (χ3n) is 4.07. The van der Waals surface area contributed by atoms with Crippen LogP contribution in [0.5, 0.6) is 0 Å². The van der Waals surface area contributed by atoms with Crippen LogP contribution in [0.25, 0.3) is 0 Å². The lowest BCUT2D eigenvalue weighted by molar-refractivity contribution is -0.155. The van der Waals surface area contributed by atoms with Crippen LogP contribution >= 0.6 is 0 Å². The Bertz CT molecular complexity index is 1100. The SMILES string of the molecule is CC(=O)O[C@@H]1CC(COS(C)(=O)=O)(COS(C)(=O)=O)O[C@H]1n1cc(C)c(=O)[nH]c1=O. The second kappa shape index (κ2) is 8.58. The molecule has 0 unspecified atom stereocenters. The van der Waals surface area contributed by atoms with Gasteiger partial charge in [-0.1, -0.05) is 0 Å². The van der Waals surface area contributed by atoms with Gasteiger partial charge in [0.15, 0.2) is 6.23 Å². The van der Waals surface area contributed by atoms with Crippen LogP contribution in [0.3, 0.4) is 0 Å². The van der Waals surface area contributed by atoms with Crippen LogP contribution in [0.15, 0.2) is 15.8 Å². The summed E-state index contributed by atoms with van der Waals surface area (Å²) in [6, 6.07) is 0. The molecule has 1 aromatic heterocycles. The summed E-state index contributed by atoms with van der Waals surface area (Å²) in [6.45, 7) is 1.19. The Kier molecular flexibility index (Phi) is 6.92. The molecule has 170 valence electrons. The van der Waals surface area contributed by atoms with Crippen LogP contribution in [-0.2, 0) is 42.9 Å². The zero-order valence-electron chi connectivity index (χ0n) is 16.6. The number of carbonyl (C=O) groups is 1. The van der Waals surface area contributed by atoms with Crippen LogP contribution in [0.2, 0.25) is 0 Å². The fourth-order valence-corrected chi connectivity index (χ4v) is 3.69. The van der Waals surface area contributed by atoms with Crippen molar-refractivity contribution in [2.24, 2.45) is 0 Å². The van der Waals surface area contributed by atoms with Gasteiger partial charge in [0.25, 0.3) is 25.8 Å². The van der Waals surface area contributed by atoms with Crippen molar-refractivity contribution in [1.29, 1.82) is 0 Å². The maximum Gasteiger partial charge on any atom is 0.330 e. The van der Waals surface area contributed by atoms with Gasteiger partial charge in [-0.2, -0.15) is 16.8 Å². The molecule has 1 N–H and O–H groups in total. The van der Waals surface area contributed by atoms with E-state index >= 15 is 0 Å². The lowest BCUT2D eigenvalue weighted by Gasteiger charge is -2.27. The Hall–Kier alpha value is -2.07. The smallest absolute Gasteiger partial charge is 0.330 e. The second-order valence-electron chi connectivity index (χ2n) is 6.95. The van der Waals surface area contributed by atoms with Crippen molar-refractivity contribution in [3.63, 3.8) is 0 Å². The molecule has 0 bridgehead atoms. The largest absolute Gasteiger partial charge is 0.458 e. The first kappa shape index (κ1) is 24.2. The quantitative estimate of drug-likeness (QED) is 0.341. The fourth-order valence-electron chi connectivity index (χ4n) is 2.83. The molecule has 1 fully saturated rings. The first-order valence-corrected chi connectivity index (χ1v) is 12.1. The standard InChI is InChI=1S/C15H22N2O11S2/c1-9-6-17(14(20)16-12(9)19)13-11(27-10(2)18)5-15(28-13,7-25-29(3,21)22)8-26-30(4,23)24/h6,11,13H,5,7-8H2,1-4H3,(H,16,19,20)/t11-,13-/m1/s1. The lowest BCUT2D eigenvalue weighted by atomic mass is 10.0. The van der Waals surface area contributed by atoms with E-state index in [1.165, 1.54) is 13.1 Å². The van der Waals surface area contributed by atoms with E-state index in [4.69, 9.17) is 17.8 Å². The van der Waals surface area contributed by atoms with Gasteiger partial charge in [-0.25, -0.2) is 4.79 Å². The van der Waals surface area contributed by atoms with Gasteiger partial charge >= 0.3 is 11.7 Å². The van der Waals surface area contributed by atoms with Crippen LogP contribution in [0, 0.1) is 6.92 Å². The highest BCUT2D eigenvalue weighted by Gasteiger charge is 2.51. The summed E-state index contributed by atoms with van der Waals surface area (Å²) >= 11 is 0. The molecule has 0 aromatic carbocycles. The molecule has 2 rings (SSSR count). The van der Waals surface area contributed by atoms with Gasteiger partial charge in [-0.15, -0.1) is 0 Å². The third-order valence-corrected chi connectivity index (χ3v) is 5.16. The highest BCUT2D eigenvalue weighted by molar-refractivity contribution is 7.86. The summed E-state index contributed by atoms with van der Waals surface area (Å²) in [5.74, 6) is -0.730. The molecule has 30 heavy (non-hydrogen) atoms. The zero-order chi connectivity index (χ0) is 22.9. The lowest BCUT2D eigenvalue weighted by Crippen LogP contribution is -2.42. The summed E-state index contributed by atoms with van der Waals surface area (Å²) in [5, 5.41) is 0. The number of nitrogens with one attached hydrogen (secondary N) is 1. The first-order chi connectivity index (χ1) is 13.6. The van der Waals surface area contributed by atoms with Crippen molar-refractivity contribution in [1.82, 2.24) is 9.55 Å². The van der Waals surface area contributed by atoms with E-state index in [1.807, 2.05) is 0 Å². The number of carbonyl (C=O) groups excluding carboxylic acids is 1. The van der Waals surface area contributed by atoms with Gasteiger partial charge < -0.3 is 9.47 Å². The summed E-state index contributed by atoms with van der Waals surface area (Å²) < 4.78 is 67.4. The molecule has 1 saturated heterocycles. The number of hydrogen-bond acceptors (Lipinski definition) is 11. The van der Waals surface area contributed by atoms with E-state index in [0.717, 1.165) is 24.0 Å². The minimum Gasteiger partial charge on any atom is -0.458 e. The van der Waals surface area contributed by atoms with Gasteiger partial charge in [0.05, 0.1) is 25.7 Å². The molecular formula is C15H22N2O11S2. The van der Waals surface area contributed by atoms with Crippen molar-refractivity contribution in [2.45, 2.75) is 38.2 Å². The maximum atomic E-state index is 12.3. The number of aromatic amines is 1. The van der Waals surface area contributed by atoms with E-state index in [0.29, 0.717) is 0 Å². The summed E-state index contributed by atoms with van der Waals surface area (Å²) in [5.41, 5.74) is -3.07. The van der Waals surface area contributed by atoms with E-state index in [9.17, 15) is 31.2 Å². The van der Waals surface area contributed by atoms with Crippen molar-refractivity contribution in [3.8, 4) is 0 Å². The van der Waals surface area contributed by atoms with Gasteiger partial charge in [-0.05, 0) is 6.92 Å². The van der Waals surface area contributed by atoms with E-state index in [2.05, 4.69) is 4.98 Å². The molecule has 0 amide bonds. The third kappa shape index (κ3) is 6.46. The molecule has 0 spiro atoms. The fraction of sp³-hybridized carbons (Fsp3) is 0.667. The number of nitrogens with zero attached hydrogens (tertiary/aromatic N) is 1. The molecule has 1 aliphatic rings. The van der Waals surface area contributed by atoms with Gasteiger partial charge in [0, 0.05) is 25.1 Å². The highest BCUT2D eigenvalue weighted by Crippen LogP contribution is 2.39. The summed E-state index contributed by atoms with van der Waals surface area (Å²) in [4.78, 5) is 37.6. The summed E-state index contributed by atoms with van der Waals surface area (Å²) in [7, 11) is -7.91. The van der Waals surface area contributed by atoms with Gasteiger partial charge in [-0.3, -0.25) is 27.5 Å². The average molecular weight is 470 g/mol. The number of aryl methyl sites for hydroxylation is 1. The number of esters is 1. The molecule has 15 heteroatoms. The molecule has 2 heterocycles. The minimum absolute atomic E-state index is 0.150. The monoisotopic (exact) mass is 470 g/mol. The molecule has 0 saturated carbocycles. The van der Waals surface area contributed by atoms with Crippen molar-refractivity contribution in [3.05, 3.63) is 32.6 Å². The first-order valence-electron chi connectivity index (χ1n) is 8.47. The predicted octanol–water partition coefficient (Wildman–Crippen LogP) is -1.61. The number of rotatable bonds is 8. The zero-order valence-corrected chi connectivity index (χ0v) is 18.2. The predicted molar refractivity (Wildman–Crippen MR) is 101 cm³/mol. The number of ether oxygens (including phenoxy) is 2. The highest BCUT2D eigenvalue weighted by atomic mass is 32.2. The molecule has 1 aliphatic heterocycles. The van der Waals surface area contributed by atoms with Crippen LogP contribution in [0.1, 0.15) is 25.1 Å². The van der Waals surface area contributed by atoms with Gasteiger partial charge in [0.1, 0.15) is 11.7 Å². The molecule has 2 atom stereocenters. The van der Waals surface area contributed by atoms with E-state index in [1.54, 1.807) is 0 Å². The van der Waals surface area contributed by atoms with Crippen molar-refractivity contribution < 1.29 is 39.5 Å². The number of aromatic nitrogens is 2. The van der Waals surface area contributed by atoms with Crippen molar-refractivity contribution >= 4 is 26.2 Å². The Morgan fingerprint density at radius 3 is 2.20 bits per heavy atom. The number of H-pyrrole nitrogens is 1. The van der Waals surface area contributed by atoms with Crippen molar-refractivity contribution in [2.75, 3.05) is 25.7 Å². The molecule has 1 aromatic rings. The Morgan fingerprint density at radius 2 is 1.73 bits per heavy atom. The molecule has 0 radical (unpaired) electrons. The molecule has 13 nitrogen and oxygen atoms in total. The minimum atomic E-state index is -3.96. The number of hydrogen-bond donors (Lipinski definition) is 1.